The second kappa shape index (κ2) is 10.3. The third-order valence-corrected chi connectivity index (χ3v) is 6.28. The monoisotopic (exact) mass is 500 g/mol. The average molecular weight is 501 g/mol. The summed E-state index contributed by atoms with van der Waals surface area (Å²) in [5.74, 6) is -1.08. The molecule has 5 rings (SSSR count). The number of hydrogen-bond acceptors (Lipinski definition) is 5. The van der Waals surface area contributed by atoms with Crippen molar-refractivity contribution in [2.75, 3.05) is 18.5 Å². The zero-order chi connectivity index (χ0) is 25.9. The van der Waals surface area contributed by atoms with Crippen LogP contribution in [0.1, 0.15) is 32.7 Å². The number of carbonyl (C=O) groups is 1. The number of hydrogen-bond donors (Lipinski definition) is 0. The molecule has 8 heteroatoms. The maximum atomic E-state index is 14.3. The molecule has 4 aromatic rings. The summed E-state index contributed by atoms with van der Waals surface area (Å²) in [6, 6.07) is 21.0. The molecule has 0 saturated carbocycles. The highest BCUT2D eigenvalue weighted by atomic mass is 19.1. The summed E-state index contributed by atoms with van der Waals surface area (Å²) in [6.45, 7) is 2.90. The lowest BCUT2D eigenvalue weighted by atomic mass is 10.0. The number of benzene rings is 3. The van der Waals surface area contributed by atoms with Gasteiger partial charge in [0.15, 0.2) is 0 Å². The molecule has 0 fully saturated rings. The minimum atomic E-state index is -0.888. The van der Waals surface area contributed by atoms with Crippen molar-refractivity contribution in [3.63, 3.8) is 0 Å². The van der Waals surface area contributed by atoms with Crippen molar-refractivity contribution >= 4 is 11.9 Å². The lowest BCUT2D eigenvalue weighted by Crippen LogP contribution is -2.38. The standard InChI is InChI=1S/C29H26F2N4O2/c1-19-8-6-11-21(16-19)37-27-22-18-35(28(36)26-23(30)12-7-13-24(26)31)15-14-25(22)32-29(33-27)34(2)17-20-9-4-3-5-10-20/h3-13,16H,14-15,17-18H2,1-2H3. The fourth-order valence-electron chi connectivity index (χ4n) is 4.38. The summed E-state index contributed by atoms with van der Waals surface area (Å²) >= 11 is 0. The van der Waals surface area contributed by atoms with Gasteiger partial charge in [-0.1, -0.05) is 48.5 Å². The quantitative estimate of drug-likeness (QED) is 0.340. The van der Waals surface area contributed by atoms with Crippen LogP contribution in [-0.4, -0.2) is 34.4 Å². The molecular weight excluding hydrogens is 474 g/mol. The van der Waals surface area contributed by atoms with E-state index in [1.807, 2.05) is 73.5 Å². The van der Waals surface area contributed by atoms with E-state index in [1.54, 1.807) is 0 Å². The lowest BCUT2D eigenvalue weighted by molar-refractivity contribution is 0.0722. The highest BCUT2D eigenvalue weighted by molar-refractivity contribution is 5.95. The fraction of sp³-hybridized carbons (Fsp3) is 0.207. The molecule has 0 aliphatic carbocycles. The highest BCUT2D eigenvalue weighted by Gasteiger charge is 2.30. The average Bonchev–Trinajstić information content (AvgIpc) is 2.89. The molecule has 3 aromatic carbocycles. The van der Waals surface area contributed by atoms with Crippen LogP contribution >= 0.6 is 0 Å². The van der Waals surface area contributed by atoms with Crippen LogP contribution in [0.15, 0.2) is 72.8 Å². The fourth-order valence-corrected chi connectivity index (χ4v) is 4.38. The van der Waals surface area contributed by atoms with Crippen LogP contribution in [-0.2, 0) is 19.5 Å². The first-order chi connectivity index (χ1) is 17.9. The van der Waals surface area contributed by atoms with E-state index in [2.05, 4.69) is 0 Å². The molecule has 0 bridgehead atoms. The third-order valence-electron chi connectivity index (χ3n) is 6.28. The SMILES string of the molecule is Cc1cccc(Oc2nc(N(C)Cc3ccccc3)nc3c2CN(C(=O)c2c(F)cccc2F)CC3)c1. The molecule has 37 heavy (non-hydrogen) atoms. The number of amides is 1. The summed E-state index contributed by atoms with van der Waals surface area (Å²) in [5, 5.41) is 0. The molecular formula is C29H26F2N4O2. The van der Waals surface area contributed by atoms with Crippen molar-refractivity contribution in [3.05, 3.63) is 112 Å². The van der Waals surface area contributed by atoms with Crippen LogP contribution in [0.4, 0.5) is 14.7 Å². The van der Waals surface area contributed by atoms with Gasteiger partial charge in [0, 0.05) is 26.6 Å². The Labute approximate surface area is 214 Å². The first kappa shape index (κ1) is 24.4. The molecule has 1 aliphatic rings. The number of anilines is 1. The van der Waals surface area contributed by atoms with Gasteiger partial charge in [0.25, 0.3) is 5.91 Å². The predicted molar refractivity (Wildman–Crippen MR) is 137 cm³/mol. The minimum absolute atomic E-state index is 0.0752. The van der Waals surface area contributed by atoms with E-state index in [1.165, 1.54) is 11.0 Å². The van der Waals surface area contributed by atoms with Gasteiger partial charge in [-0.05, 0) is 42.3 Å². The molecule has 0 saturated heterocycles. The molecule has 1 aliphatic heterocycles. The highest BCUT2D eigenvalue weighted by Crippen LogP contribution is 2.32. The first-order valence-electron chi connectivity index (χ1n) is 12.0. The normalized spacial score (nSPS) is 12.7. The Balaban J connectivity index is 1.50. The molecule has 0 atom stereocenters. The summed E-state index contributed by atoms with van der Waals surface area (Å²) in [5.41, 5.74) is 2.93. The molecule has 2 heterocycles. The zero-order valence-electron chi connectivity index (χ0n) is 20.6. The molecule has 6 nitrogen and oxygen atoms in total. The number of aromatic nitrogens is 2. The van der Waals surface area contributed by atoms with Crippen LogP contribution < -0.4 is 9.64 Å². The van der Waals surface area contributed by atoms with Crippen LogP contribution in [0.25, 0.3) is 0 Å². The number of ether oxygens (including phenoxy) is 1. The largest absolute Gasteiger partial charge is 0.438 e. The van der Waals surface area contributed by atoms with Crippen molar-refractivity contribution in [2.24, 2.45) is 0 Å². The summed E-state index contributed by atoms with van der Waals surface area (Å²) < 4.78 is 34.9. The van der Waals surface area contributed by atoms with Crippen molar-refractivity contribution in [3.8, 4) is 11.6 Å². The van der Waals surface area contributed by atoms with Gasteiger partial charge in [0.1, 0.15) is 22.9 Å². The van der Waals surface area contributed by atoms with Crippen LogP contribution in [0, 0.1) is 18.6 Å². The molecule has 0 radical (unpaired) electrons. The molecule has 0 spiro atoms. The van der Waals surface area contributed by atoms with E-state index in [9.17, 15) is 13.6 Å². The van der Waals surface area contributed by atoms with Gasteiger partial charge >= 0.3 is 0 Å². The smallest absolute Gasteiger partial charge is 0.260 e. The summed E-state index contributed by atoms with van der Waals surface area (Å²) in [6.07, 6.45) is 0.399. The molecule has 1 amide bonds. The van der Waals surface area contributed by atoms with Crippen LogP contribution in [0.3, 0.4) is 0 Å². The van der Waals surface area contributed by atoms with Gasteiger partial charge in [-0.25, -0.2) is 13.8 Å². The summed E-state index contributed by atoms with van der Waals surface area (Å²) in [7, 11) is 1.91. The Morgan fingerprint density at radius 2 is 1.73 bits per heavy atom. The number of nitrogens with zero attached hydrogens (tertiary/aromatic N) is 4. The number of rotatable bonds is 6. The Morgan fingerprint density at radius 1 is 1.00 bits per heavy atom. The van der Waals surface area contributed by atoms with Gasteiger partial charge in [-0.2, -0.15) is 4.98 Å². The Kier molecular flexibility index (Phi) is 6.81. The number of aryl methyl sites for hydroxylation is 1. The van der Waals surface area contributed by atoms with E-state index in [0.717, 1.165) is 29.0 Å². The topological polar surface area (TPSA) is 58.6 Å². The Morgan fingerprint density at radius 3 is 2.46 bits per heavy atom. The predicted octanol–water partition coefficient (Wildman–Crippen LogP) is 5.69. The van der Waals surface area contributed by atoms with Gasteiger partial charge in [0.05, 0.1) is 17.8 Å². The van der Waals surface area contributed by atoms with Gasteiger partial charge < -0.3 is 14.5 Å². The van der Waals surface area contributed by atoms with Crippen LogP contribution in [0.2, 0.25) is 0 Å². The summed E-state index contributed by atoms with van der Waals surface area (Å²) in [4.78, 5) is 25.9. The van der Waals surface area contributed by atoms with Crippen LogP contribution in [0.5, 0.6) is 11.6 Å². The number of halogens is 2. The Bertz CT molecular complexity index is 1430. The van der Waals surface area contributed by atoms with E-state index in [-0.39, 0.29) is 13.1 Å². The Hall–Kier alpha value is -4.33. The van der Waals surface area contributed by atoms with E-state index in [0.29, 0.717) is 36.1 Å². The van der Waals surface area contributed by atoms with Gasteiger partial charge in [-0.15, -0.1) is 0 Å². The minimum Gasteiger partial charge on any atom is -0.438 e. The van der Waals surface area contributed by atoms with Crippen molar-refractivity contribution < 1.29 is 18.3 Å². The van der Waals surface area contributed by atoms with E-state index in [4.69, 9.17) is 14.7 Å². The van der Waals surface area contributed by atoms with Crippen molar-refractivity contribution in [1.29, 1.82) is 0 Å². The van der Waals surface area contributed by atoms with E-state index >= 15 is 0 Å². The van der Waals surface area contributed by atoms with Crippen molar-refractivity contribution in [2.45, 2.75) is 26.4 Å². The maximum Gasteiger partial charge on any atom is 0.260 e. The number of fused-ring (bicyclic) bond motifs is 1. The van der Waals surface area contributed by atoms with E-state index < -0.39 is 23.1 Å². The molecule has 1 aromatic heterocycles. The number of carbonyl (C=O) groups excluding carboxylic acids is 1. The second-order valence-corrected chi connectivity index (χ2v) is 9.09. The molecule has 0 N–H and O–H groups in total. The maximum absolute atomic E-state index is 14.3. The molecule has 0 unspecified atom stereocenters. The van der Waals surface area contributed by atoms with Gasteiger partial charge in [-0.3, -0.25) is 4.79 Å². The molecule has 188 valence electrons. The second-order valence-electron chi connectivity index (χ2n) is 9.09. The first-order valence-corrected chi connectivity index (χ1v) is 12.0. The van der Waals surface area contributed by atoms with Gasteiger partial charge in [0.2, 0.25) is 11.8 Å². The zero-order valence-corrected chi connectivity index (χ0v) is 20.6. The van der Waals surface area contributed by atoms with Crippen molar-refractivity contribution in [1.82, 2.24) is 14.9 Å². The lowest BCUT2D eigenvalue weighted by Gasteiger charge is -2.30. The third kappa shape index (κ3) is 5.28.